The minimum Gasteiger partial charge on any atom is -0.325 e. The predicted octanol–water partition coefficient (Wildman–Crippen LogP) is 4.19. The van der Waals surface area contributed by atoms with Crippen LogP contribution in [0.3, 0.4) is 0 Å². The summed E-state index contributed by atoms with van der Waals surface area (Å²) in [4.78, 5) is 11.9. The molecule has 0 bridgehead atoms. The summed E-state index contributed by atoms with van der Waals surface area (Å²) < 4.78 is 1.000. The van der Waals surface area contributed by atoms with E-state index >= 15 is 0 Å². The number of carbonyl (C=O) groups is 1. The van der Waals surface area contributed by atoms with Crippen molar-refractivity contribution >= 4 is 27.5 Å². The van der Waals surface area contributed by atoms with E-state index < -0.39 is 0 Å². The van der Waals surface area contributed by atoms with Gasteiger partial charge in [0.15, 0.2) is 0 Å². The molecule has 4 heteroatoms. The van der Waals surface area contributed by atoms with Crippen LogP contribution in [0.15, 0.2) is 28.7 Å². The number of hydrogen-bond donors (Lipinski definition) is 2. The summed E-state index contributed by atoms with van der Waals surface area (Å²) in [6.45, 7) is 11.2. The van der Waals surface area contributed by atoms with E-state index in [1.54, 1.807) is 0 Å². The quantitative estimate of drug-likeness (QED) is 0.843. The minimum absolute atomic E-state index is 0.0192. The first kappa shape index (κ1) is 17.2. The third-order valence-electron chi connectivity index (χ3n) is 2.83. The Hall–Kier alpha value is -0.870. The molecule has 0 heterocycles. The number of nitrogens with one attached hydrogen (secondary N) is 2. The van der Waals surface area contributed by atoms with E-state index in [1.165, 1.54) is 0 Å². The molecule has 3 nitrogen and oxygen atoms in total. The second-order valence-corrected chi connectivity index (χ2v) is 7.95. The fourth-order valence-electron chi connectivity index (χ4n) is 2.45. The maximum atomic E-state index is 11.9. The van der Waals surface area contributed by atoms with Gasteiger partial charge in [-0.3, -0.25) is 4.79 Å². The second kappa shape index (κ2) is 6.72. The zero-order valence-corrected chi connectivity index (χ0v) is 14.6. The van der Waals surface area contributed by atoms with Crippen LogP contribution in [0.5, 0.6) is 0 Å². The van der Waals surface area contributed by atoms with Gasteiger partial charge in [0.05, 0.1) is 6.54 Å². The molecule has 112 valence electrons. The lowest BCUT2D eigenvalue weighted by molar-refractivity contribution is -0.115. The maximum Gasteiger partial charge on any atom is 0.238 e. The summed E-state index contributed by atoms with van der Waals surface area (Å²) >= 11 is 3.37. The van der Waals surface area contributed by atoms with Crippen LogP contribution in [0.25, 0.3) is 0 Å². The molecule has 0 radical (unpaired) electrons. The molecule has 0 aliphatic heterocycles. The standard InChI is InChI=1S/C16H25BrN2O/c1-15(2,3)11-16(4,5)18-10-14(20)19-13-8-6-12(17)7-9-13/h6-9,18H,10-11H2,1-5H3,(H,19,20). The first-order valence-corrected chi connectivity index (χ1v) is 7.67. The van der Waals surface area contributed by atoms with Crippen LogP contribution in [-0.4, -0.2) is 18.0 Å². The summed E-state index contributed by atoms with van der Waals surface area (Å²) in [5.74, 6) is -0.0192. The van der Waals surface area contributed by atoms with Gasteiger partial charge < -0.3 is 10.6 Å². The highest BCUT2D eigenvalue weighted by Gasteiger charge is 2.25. The van der Waals surface area contributed by atoms with Crippen molar-refractivity contribution < 1.29 is 4.79 Å². The van der Waals surface area contributed by atoms with Crippen LogP contribution < -0.4 is 10.6 Å². The zero-order chi connectivity index (χ0) is 15.4. The largest absolute Gasteiger partial charge is 0.325 e. The van der Waals surface area contributed by atoms with Crippen LogP contribution in [0.1, 0.15) is 41.0 Å². The average molecular weight is 341 g/mol. The number of benzene rings is 1. The highest BCUT2D eigenvalue weighted by atomic mass is 79.9. The molecule has 1 rings (SSSR count). The summed E-state index contributed by atoms with van der Waals surface area (Å²) in [5, 5.41) is 6.21. The molecule has 1 amide bonds. The van der Waals surface area contributed by atoms with Crippen molar-refractivity contribution in [2.45, 2.75) is 46.6 Å². The van der Waals surface area contributed by atoms with E-state index in [-0.39, 0.29) is 16.9 Å². The van der Waals surface area contributed by atoms with Gasteiger partial charge in [0.2, 0.25) is 5.91 Å². The van der Waals surface area contributed by atoms with Crippen molar-refractivity contribution in [1.82, 2.24) is 5.32 Å². The molecule has 2 N–H and O–H groups in total. The van der Waals surface area contributed by atoms with E-state index in [1.807, 2.05) is 24.3 Å². The normalized spacial score (nSPS) is 12.3. The van der Waals surface area contributed by atoms with Gasteiger partial charge in [-0.1, -0.05) is 36.7 Å². The van der Waals surface area contributed by atoms with E-state index in [4.69, 9.17) is 0 Å². The zero-order valence-electron chi connectivity index (χ0n) is 13.0. The molecule has 0 saturated carbocycles. The van der Waals surface area contributed by atoms with Gasteiger partial charge in [0.1, 0.15) is 0 Å². The van der Waals surface area contributed by atoms with Gasteiger partial charge in [-0.25, -0.2) is 0 Å². The first-order chi connectivity index (χ1) is 9.07. The van der Waals surface area contributed by atoms with E-state index in [0.717, 1.165) is 16.6 Å². The van der Waals surface area contributed by atoms with Crippen molar-refractivity contribution in [1.29, 1.82) is 0 Å². The van der Waals surface area contributed by atoms with Crippen LogP contribution in [0.2, 0.25) is 0 Å². The molecule has 20 heavy (non-hydrogen) atoms. The van der Waals surface area contributed by atoms with Gasteiger partial charge in [-0.2, -0.15) is 0 Å². The molecule has 0 saturated heterocycles. The lowest BCUT2D eigenvalue weighted by Crippen LogP contribution is -2.45. The molecular formula is C16H25BrN2O. The molecule has 1 aromatic carbocycles. The Labute approximate surface area is 130 Å². The monoisotopic (exact) mass is 340 g/mol. The van der Waals surface area contributed by atoms with Gasteiger partial charge in [0.25, 0.3) is 0 Å². The molecule has 0 spiro atoms. The molecular weight excluding hydrogens is 316 g/mol. The van der Waals surface area contributed by atoms with Gasteiger partial charge in [-0.15, -0.1) is 0 Å². The van der Waals surface area contributed by atoms with Crippen molar-refractivity contribution in [3.8, 4) is 0 Å². The van der Waals surface area contributed by atoms with E-state index in [0.29, 0.717) is 6.54 Å². The van der Waals surface area contributed by atoms with Crippen LogP contribution in [0, 0.1) is 5.41 Å². The Balaban J connectivity index is 2.45. The molecule has 0 aromatic heterocycles. The number of halogens is 1. The Morgan fingerprint density at radius 2 is 1.65 bits per heavy atom. The first-order valence-electron chi connectivity index (χ1n) is 6.88. The number of hydrogen-bond acceptors (Lipinski definition) is 2. The third-order valence-corrected chi connectivity index (χ3v) is 3.36. The maximum absolute atomic E-state index is 11.9. The summed E-state index contributed by atoms with van der Waals surface area (Å²) in [6, 6.07) is 7.57. The molecule has 0 unspecified atom stereocenters. The smallest absolute Gasteiger partial charge is 0.238 e. The summed E-state index contributed by atoms with van der Waals surface area (Å²) in [6.07, 6.45) is 1.01. The third kappa shape index (κ3) is 7.06. The Bertz CT molecular complexity index is 447. The van der Waals surface area contributed by atoms with Crippen LogP contribution >= 0.6 is 15.9 Å². The molecule has 0 aliphatic carbocycles. The number of anilines is 1. The Morgan fingerprint density at radius 3 is 2.15 bits per heavy atom. The van der Waals surface area contributed by atoms with Crippen molar-refractivity contribution in [3.63, 3.8) is 0 Å². The highest BCUT2D eigenvalue weighted by molar-refractivity contribution is 9.10. The van der Waals surface area contributed by atoms with E-state index in [2.05, 4.69) is 61.2 Å². The van der Waals surface area contributed by atoms with Crippen LogP contribution in [-0.2, 0) is 4.79 Å². The summed E-state index contributed by atoms with van der Waals surface area (Å²) in [7, 11) is 0. The SMILES string of the molecule is CC(C)(C)CC(C)(C)NCC(=O)Nc1ccc(Br)cc1. The molecule has 0 fully saturated rings. The van der Waals surface area contributed by atoms with Crippen molar-refractivity contribution in [2.75, 3.05) is 11.9 Å². The fourth-order valence-corrected chi connectivity index (χ4v) is 2.71. The van der Waals surface area contributed by atoms with Crippen molar-refractivity contribution in [3.05, 3.63) is 28.7 Å². The minimum atomic E-state index is -0.0602. The molecule has 0 atom stereocenters. The van der Waals surface area contributed by atoms with Gasteiger partial charge in [0, 0.05) is 15.7 Å². The van der Waals surface area contributed by atoms with Gasteiger partial charge >= 0.3 is 0 Å². The lowest BCUT2D eigenvalue weighted by Gasteiger charge is -2.33. The number of carbonyl (C=O) groups excluding carboxylic acids is 1. The Kier molecular flexibility index (Phi) is 5.78. The highest BCUT2D eigenvalue weighted by Crippen LogP contribution is 2.26. The summed E-state index contributed by atoms with van der Waals surface area (Å²) in [5.41, 5.74) is 0.988. The average Bonchev–Trinajstić information content (AvgIpc) is 2.27. The van der Waals surface area contributed by atoms with Crippen LogP contribution in [0.4, 0.5) is 5.69 Å². The number of amides is 1. The molecule has 1 aromatic rings. The topological polar surface area (TPSA) is 41.1 Å². The molecule has 0 aliphatic rings. The van der Waals surface area contributed by atoms with Gasteiger partial charge in [-0.05, 0) is 49.9 Å². The predicted molar refractivity (Wildman–Crippen MR) is 88.9 cm³/mol. The number of rotatable bonds is 5. The van der Waals surface area contributed by atoms with Crippen molar-refractivity contribution in [2.24, 2.45) is 5.41 Å². The second-order valence-electron chi connectivity index (χ2n) is 7.03. The Morgan fingerprint density at radius 1 is 1.10 bits per heavy atom. The fraction of sp³-hybridized carbons (Fsp3) is 0.562. The lowest BCUT2D eigenvalue weighted by atomic mass is 9.82. The van der Waals surface area contributed by atoms with E-state index in [9.17, 15) is 4.79 Å².